The highest BCUT2D eigenvalue weighted by atomic mass is 16.5. The molecule has 0 unspecified atom stereocenters. The molecule has 1 aliphatic rings. The molecule has 8 heteroatoms. The fourth-order valence-electron chi connectivity index (χ4n) is 5.04. The summed E-state index contributed by atoms with van der Waals surface area (Å²) in [6.45, 7) is 4.13. The Labute approximate surface area is 228 Å². The molecule has 1 N–H and O–H groups in total. The normalized spacial score (nSPS) is 14.4. The van der Waals surface area contributed by atoms with Gasteiger partial charge in [-0.15, -0.1) is 6.42 Å². The number of hydrogen-bond acceptors (Lipinski definition) is 6. The molecule has 5 rings (SSSR count). The first kappa shape index (κ1) is 26.4. The average molecular weight is 525 g/mol. The van der Waals surface area contributed by atoms with Crippen molar-refractivity contribution in [1.29, 1.82) is 0 Å². The van der Waals surface area contributed by atoms with Gasteiger partial charge >= 0.3 is 5.97 Å². The molecule has 0 saturated carbocycles. The number of fused-ring (bicyclic) bond motifs is 1. The summed E-state index contributed by atoms with van der Waals surface area (Å²) in [4.78, 5) is 23.5. The van der Waals surface area contributed by atoms with Gasteiger partial charge in [-0.1, -0.05) is 24.1 Å². The Kier molecular flexibility index (Phi) is 8.21. The van der Waals surface area contributed by atoms with Crippen molar-refractivity contribution < 1.29 is 19.4 Å². The lowest BCUT2D eigenvalue weighted by Crippen LogP contribution is -2.33. The van der Waals surface area contributed by atoms with Crippen LogP contribution in [0.2, 0.25) is 0 Å². The molecule has 3 heterocycles. The maximum atomic E-state index is 11.5. The first-order valence-corrected chi connectivity index (χ1v) is 13.1. The number of benzene rings is 2. The van der Waals surface area contributed by atoms with Crippen molar-refractivity contribution in [1.82, 2.24) is 19.4 Å². The summed E-state index contributed by atoms with van der Waals surface area (Å²) in [5.41, 5.74) is 4.84. The molecule has 1 saturated heterocycles. The van der Waals surface area contributed by atoms with E-state index in [0.717, 1.165) is 59.6 Å². The number of nitrogens with zero attached hydrogens (tertiary/aromatic N) is 4. The van der Waals surface area contributed by atoms with E-state index in [1.165, 1.54) is 0 Å². The number of aromatic nitrogens is 3. The van der Waals surface area contributed by atoms with Crippen LogP contribution in [-0.4, -0.2) is 57.3 Å². The predicted molar refractivity (Wildman–Crippen MR) is 149 cm³/mol. The van der Waals surface area contributed by atoms with Gasteiger partial charge in [-0.25, -0.2) is 14.8 Å². The third-order valence-corrected chi connectivity index (χ3v) is 7.22. The van der Waals surface area contributed by atoms with Gasteiger partial charge in [0.1, 0.15) is 12.4 Å². The number of ether oxygens (including phenoxy) is 2. The number of hydrogen-bond donors (Lipinski definition) is 1. The number of aromatic carboxylic acids is 1. The minimum atomic E-state index is -0.943. The van der Waals surface area contributed by atoms with Crippen LogP contribution in [0.15, 0.2) is 60.7 Å². The Morgan fingerprint density at radius 3 is 2.62 bits per heavy atom. The summed E-state index contributed by atoms with van der Waals surface area (Å²) in [5, 5.41) is 9.43. The molecule has 2 aromatic heterocycles. The molecule has 0 aliphatic carbocycles. The smallest absolute Gasteiger partial charge is 0.335 e. The maximum Gasteiger partial charge on any atom is 0.335 e. The van der Waals surface area contributed by atoms with E-state index >= 15 is 0 Å². The molecule has 0 bridgehead atoms. The molecular weight excluding hydrogens is 492 g/mol. The Hall–Kier alpha value is -4.19. The van der Waals surface area contributed by atoms with Crippen molar-refractivity contribution in [2.24, 2.45) is 0 Å². The van der Waals surface area contributed by atoms with Crippen LogP contribution in [0.3, 0.4) is 0 Å². The number of terminal acetylenes is 1. The van der Waals surface area contributed by atoms with Crippen LogP contribution in [0.5, 0.6) is 5.88 Å². The molecule has 1 aliphatic heterocycles. The number of pyridine rings is 1. The van der Waals surface area contributed by atoms with Crippen LogP contribution in [0.1, 0.15) is 51.8 Å². The zero-order chi connectivity index (χ0) is 27.2. The molecule has 0 amide bonds. The first-order valence-electron chi connectivity index (χ1n) is 13.1. The zero-order valence-corrected chi connectivity index (χ0v) is 22.0. The summed E-state index contributed by atoms with van der Waals surface area (Å²) >= 11 is 0. The van der Waals surface area contributed by atoms with E-state index in [1.54, 1.807) is 25.3 Å². The molecule has 8 nitrogen and oxygen atoms in total. The number of rotatable bonds is 10. The van der Waals surface area contributed by atoms with Gasteiger partial charge < -0.3 is 19.1 Å². The standard InChI is InChI=1S/C31H32N4O4/c1-3-22-7-9-23(10-8-22)21-39-30-6-4-5-26(33-30)24-13-15-34(16-14-24)20-29-32-27-12-11-25(31(36)37)19-28(27)35(29)17-18-38-2/h1,4-12,19,24H,13-18,20-21H2,2H3,(H,36,37). The Morgan fingerprint density at radius 1 is 1.10 bits per heavy atom. The zero-order valence-electron chi connectivity index (χ0n) is 22.0. The van der Waals surface area contributed by atoms with Crippen LogP contribution < -0.4 is 4.74 Å². The number of methoxy groups -OCH3 is 1. The second-order valence-electron chi connectivity index (χ2n) is 9.76. The fourth-order valence-corrected chi connectivity index (χ4v) is 5.04. The summed E-state index contributed by atoms with van der Waals surface area (Å²) in [6, 6.07) is 18.9. The fraction of sp³-hybridized carbons (Fsp3) is 0.323. The Morgan fingerprint density at radius 2 is 1.90 bits per heavy atom. The van der Waals surface area contributed by atoms with E-state index in [0.29, 0.717) is 38.1 Å². The van der Waals surface area contributed by atoms with Crippen molar-refractivity contribution in [3.63, 3.8) is 0 Å². The summed E-state index contributed by atoms with van der Waals surface area (Å²) in [5.74, 6) is 3.60. The van der Waals surface area contributed by atoms with Gasteiger partial charge in [0, 0.05) is 36.9 Å². The number of carbonyl (C=O) groups is 1. The van der Waals surface area contributed by atoms with E-state index < -0.39 is 5.97 Å². The summed E-state index contributed by atoms with van der Waals surface area (Å²) < 4.78 is 13.4. The quantitative estimate of drug-likeness (QED) is 0.300. The van der Waals surface area contributed by atoms with Gasteiger partial charge in [0.2, 0.25) is 5.88 Å². The largest absolute Gasteiger partial charge is 0.478 e. The molecular formula is C31H32N4O4. The van der Waals surface area contributed by atoms with Crippen LogP contribution in [-0.2, 0) is 24.4 Å². The topological polar surface area (TPSA) is 89.7 Å². The predicted octanol–water partition coefficient (Wildman–Crippen LogP) is 4.72. The molecule has 0 spiro atoms. The molecule has 2 aromatic carbocycles. The van der Waals surface area contributed by atoms with Gasteiger partial charge in [-0.3, -0.25) is 4.90 Å². The number of piperidine rings is 1. The van der Waals surface area contributed by atoms with E-state index in [2.05, 4.69) is 21.5 Å². The number of carboxylic acids is 1. The molecule has 200 valence electrons. The van der Waals surface area contributed by atoms with Crippen LogP contribution in [0.4, 0.5) is 0 Å². The third kappa shape index (κ3) is 6.28. The molecule has 0 atom stereocenters. The van der Waals surface area contributed by atoms with E-state index in [-0.39, 0.29) is 5.56 Å². The second-order valence-corrected chi connectivity index (χ2v) is 9.76. The van der Waals surface area contributed by atoms with Crippen molar-refractivity contribution >= 4 is 17.0 Å². The van der Waals surface area contributed by atoms with Gasteiger partial charge in [0.15, 0.2) is 0 Å². The van der Waals surface area contributed by atoms with Gasteiger partial charge in [-0.2, -0.15) is 0 Å². The third-order valence-electron chi connectivity index (χ3n) is 7.22. The van der Waals surface area contributed by atoms with Gasteiger partial charge in [0.05, 0.1) is 29.7 Å². The van der Waals surface area contributed by atoms with Crippen LogP contribution in [0, 0.1) is 12.3 Å². The van der Waals surface area contributed by atoms with Crippen molar-refractivity contribution in [2.75, 3.05) is 26.8 Å². The highest BCUT2D eigenvalue weighted by molar-refractivity contribution is 5.92. The maximum absolute atomic E-state index is 11.5. The van der Waals surface area contributed by atoms with E-state index in [4.69, 9.17) is 25.9 Å². The molecule has 39 heavy (non-hydrogen) atoms. The van der Waals surface area contributed by atoms with Gasteiger partial charge in [0.25, 0.3) is 0 Å². The highest BCUT2D eigenvalue weighted by Gasteiger charge is 2.24. The van der Waals surface area contributed by atoms with Crippen LogP contribution >= 0.6 is 0 Å². The number of carboxylic acid groups (broad SMARTS) is 1. The van der Waals surface area contributed by atoms with Crippen molar-refractivity contribution in [2.45, 2.75) is 38.5 Å². The van der Waals surface area contributed by atoms with Crippen molar-refractivity contribution in [3.8, 4) is 18.2 Å². The second kappa shape index (κ2) is 12.1. The SMILES string of the molecule is C#Cc1ccc(COc2cccc(C3CCN(Cc4nc5ccc(C(=O)O)cc5n4CCOC)CC3)n2)cc1. The Balaban J connectivity index is 1.22. The first-order chi connectivity index (χ1) is 19.0. The summed E-state index contributed by atoms with van der Waals surface area (Å²) in [6.07, 6.45) is 7.42. The van der Waals surface area contributed by atoms with Crippen LogP contribution in [0.25, 0.3) is 11.0 Å². The average Bonchev–Trinajstić information content (AvgIpc) is 3.31. The lowest BCUT2D eigenvalue weighted by atomic mass is 9.93. The minimum Gasteiger partial charge on any atom is -0.478 e. The van der Waals surface area contributed by atoms with Gasteiger partial charge in [-0.05, 0) is 67.9 Å². The molecule has 1 fully saturated rings. The molecule has 0 radical (unpaired) electrons. The Bertz CT molecular complexity index is 1480. The van der Waals surface area contributed by atoms with Crippen molar-refractivity contribution in [3.05, 3.63) is 88.9 Å². The summed E-state index contributed by atoms with van der Waals surface area (Å²) in [7, 11) is 1.66. The van der Waals surface area contributed by atoms with E-state index in [9.17, 15) is 9.90 Å². The lowest BCUT2D eigenvalue weighted by Gasteiger charge is -2.31. The van der Waals surface area contributed by atoms with E-state index in [1.807, 2.05) is 36.4 Å². The molecule has 4 aromatic rings. The number of imidazole rings is 1. The monoisotopic (exact) mass is 524 g/mol. The minimum absolute atomic E-state index is 0.258. The number of likely N-dealkylation sites (tertiary alicyclic amines) is 1. The highest BCUT2D eigenvalue weighted by Crippen LogP contribution is 2.29. The lowest BCUT2D eigenvalue weighted by molar-refractivity contribution is 0.0697.